The molecule has 2 aromatic rings. The van der Waals surface area contributed by atoms with E-state index in [4.69, 9.17) is 0 Å². The molecule has 0 aliphatic heterocycles. The van der Waals surface area contributed by atoms with Crippen molar-refractivity contribution in [3.63, 3.8) is 0 Å². The van der Waals surface area contributed by atoms with Gasteiger partial charge in [-0.3, -0.25) is 0 Å². The Labute approximate surface area is 102 Å². The van der Waals surface area contributed by atoms with Crippen LogP contribution in [0.25, 0.3) is 0 Å². The molecule has 90 valence electrons. The summed E-state index contributed by atoms with van der Waals surface area (Å²) in [6.07, 6.45) is 1.99. The number of hydrogen-bond donors (Lipinski definition) is 1. The summed E-state index contributed by atoms with van der Waals surface area (Å²) in [4.78, 5) is 0. The molecule has 1 heterocycles. The molecule has 0 aliphatic rings. The van der Waals surface area contributed by atoms with E-state index in [9.17, 15) is 0 Å². The molecule has 0 spiro atoms. The highest BCUT2D eigenvalue weighted by molar-refractivity contribution is 5.22. The van der Waals surface area contributed by atoms with Crippen molar-refractivity contribution < 1.29 is 0 Å². The van der Waals surface area contributed by atoms with Crippen LogP contribution in [0.3, 0.4) is 0 Å². The van der Waals surface area contributed by atoms with Crippen LogP contribution in [0.15, 0.2) is 30.5 Å². The van der Waals surface area contributed by atoms with Crippen molar-refractivity contribution in [3.8, 4) is 0 Å². The molecule has 1 N–H and O–H groups in total. The molecule has 0 aliphatic carbocycles. The Balaban J connectivity index is 2.01. The van der Waals surface area contributed by atoms with Gasteiger partial charge in [-0.1, -0.05) is 42.0 Å². The monoisotopic (exact) mass is 230 g/mol. The van der Waals surface area contributed by atoms with Crippen LogP contribution in [0.1, 0.15) is 23.7 Å². The van der Waals surface area contributed by atoms with Gasteiger partial charge in [0.1, 0.15) is 0 Å². The van der Waals surface area contributed by atoms with Gasteiger partial charge in [-0.25, -0.2) is 4.68 Å². The molecular weight excluding hydrogens is 212 g/mol. The fourth-order valence-electron chi connectivity index (χ4n) is 1.75. The highest BCUT2D eigenvalue weighted by Gasteiger charge is 2.01. The molecule has 0 bridgehead atoms. The lowest BCUT2D eigenvalue weighted by atomic mass is 10.1. The van der Waals surface area contributed by atoms with Gasteiger partial charge >= 0.3 is 0 Å². The van der Waals surface area contributed by atoms with E-state index in [2.05, 4.69) is 53.7 Å². The zero-order chi connectivity index (χ0) is 12.1. The van der Waals surface area contributed by atoms with E-state index in [-0.39, 0.29) is 0 Å². The Hall–Kier alpha value is -1.68. The minimum Gasteiger partial charge on any atom is -0.311 e. The predicted molar refractivity (Wildman–Crippen MR) is 67.7 cm³/mol. The minimum atomic E-state index is 0.779. The molecule has 1 aromatic heterocycles. The first kappa shape index (κ1) is 11.8. The highest BCUT2D eigenvalue weighted by atomic mass is 15.4. The molecule has 0 saturated heterocycles. The van der Waals surface area contributed by atoms with E-state index < -0.39 is 0 Å². The van der Waals surface area contributed by atoms with Crippen molar-refractivity contribution in [2.75, 3.05) is 6.54 Å². The van der Waals surface area contributed by atoms with E-state index in [1.165, 1.54) is 11.1 Å². The lowest BCUT2D eigenvalue weighted by molar-refractivity contribution is 0.647. The molecule has 17 heavy (non-hydrogen) atoms. The smallest absolute Gasteiger partial charge is 0.0964 e. The van der Waals surface area contributed by atoms with Crippen LogP contribution in [0.5, 0.6) is 0 Å². The van der Waals surface area contributed by atoms with Crippen LogP contribution in [-0.2, 0) is 13.1 Å². The minimum absolute atomic E-state index is 0.779. The average molecular weight is 230 g/mol. The van der Waals surface area contributed by atoms with Gasteiger partial charge < -0.3 is 5.32 Å². The molecule has 0 fully saturated rings. The number of benzene rings is 1. The van der Waals surface area contributed by atoms with Crippen LogP contribution < -0.4 is 5.32 Å². The van der Waals surface area contributed by atoms with Gasteiger partial charge in [0.25, 0.3) is 0 Å². The van der Waals surface area contributed by atoms with Crippen molar-refractivity contribution in [1.82, 2.24) is 20.3 Å². The van der Waals surface area contributed by atoms with Crippen molar-refractivity contribution in [2.24, 2.45) is 0 Å². The van der Waals surface area contributed by atoms with Crippen LogP contribution >= 0.6 is 0 Å². The average Bonchev–Trinajstić information content (AvgIpc) is 2.74. The zero-order valence-electron chi connectivity index (χ0n) is 10.3. The maximum atomic E-state index is 4.12. The third-order valence-corrected chi connectivity index (χ3v) is 2.57. The molecule has 2 rings (SSSR count). The quantitative estimate of drug-likeness (QED) is 0.851. The summed E-state index contributed by atoms with van der Waals surface area (Å²) >= 11 is 0. The fourth-order valence-corrected chi connectivity index (χ4v) is 1.75. The first-order chi connectivity index (χ1) is 8.28. The zero-order valence-corrected chi connectivity index (χ0v) is 10.3. The van der Waals surface area contributed by atoms with Crippen LogP contribution in [0, 0.1) is 6.92 Å². The molecule has 4 nitrogen and oxygen atoms in total. The summed E-state index contributed by atoms with van der Waals surface area (Å²) in [6, 6.07) is 8.45. The number of nitrogens with zero attached hydrogens (tertiary/aromatic N) is 3. The van der Waals surface area contributed by atoms with Crippen LogP contribution in [-0.4, -0.2) is 21.5 Å². The topological polar surface area (TPSA) is 42.7 Å². The maximum Gasteiger partial charge on any atom is 0.0964 e. The summed E-state index contributed by atoms with van der Waals surface area (Å²) < 4.78 is 1.88. The van der Waals surface area contributed by atoms with Gasteiger partial charge in [0.2, 0.25) is 0 Å². The number of nitrogens with one attached hydrogen (secondary N) is 1. The van der Waals surface area contributed by atoms with Crippen molar-refractivity contribution in [3.05, 3.63) is 47.3 Å². The van der Waals surface area contributed by atoms with E-state index in [1.807, 2.05) is 10.9 Å². The second-order valence-corrected chi connectivity index (χ2v) is 4.18. The summed E-state index contributed by atoms with van der Waals surface area (Å²) in [5.41, 5.74) is 3.51. The largest absolute Gasteiger partial charge is 0.311 e. The fraction of sp³-hybridized carbons (Fsp3) is 0.385. The van der Waals surface area contributed by atoms with Gasteiger partial charge in [-0.2, -0.15) is 0 Å². The molecule has 0 radical (unpaired) electrons. The van der Waals surface area contributed by atoms with Gasteiger partial charge in [0, 0.05) is 6.54 Å². The van der Waals surface area contributed by atoms with Crippen LogP contribution in [0.2, 0.25) is 0 Å². The Morgan fingerprint density at radius 2 is 2.24 bits per heavy atom. The Morgan fingerprint density at radius 3 is 3.00 bits per heavy atom. The highest BCUT2D eigenvalue weighted by Crippen LogP contribution is 2.05. The molecule has 4 heteroatoms. The lowest BCUT2D eigenvalue weighted by Crippen LogP contribution is -2.11. The predicted octanol–water partition coefficient (Wildman–Crippen LogP) is 1.74. The van der Waals surface area contributed by atoms with Gasteiger partial charge in [-0.05, 0) is 19.0 Å². The van der Waals surface area contributed by atoms with Crippen LogP contribution in [0.4, 0.5) is 0 Å². The van der Waals surface area contributed by atoms with E-state index in [0.717, 1.165) is 25.3 Å². The second-order valence-electron chi connectivity index (χ2n) is 4.18. The molecule has 0 saturated carbocycles. The third kappa shape index (κ3) is 3.39. The summed E-state index contributed by atoms with van der Waals surface area (Å²) in [5, 5.41) is 11.5. The van der Waals surface area contributed by atoms with Gasteiger partial charge in [-0.15, -0.1) is 5.10 Å². The van der Waals surface area contributed by atoms with Gasteiger partial charge in [0.15, 0.2) is 0 Å². The van der Waals surface area contributed by atoms with Crippen molar-refractivity contribution in [1.29, 1.82) is 0 Å². The third-order valence-electron chi connectivity index (χ3n) is 2.57. The van der Waals surface area contributed by atoms with E-state index in [1.54, 1.807) is 0 Å². The normalized spacial score (nSPS) is 10.7. The summed E-state index contributed by atoms with van der Waals surface area (Å²) in [5.74, 6) is 0. The molecule has 0 atom stereocenters. The summed E-state index contributed by atoms with van der Waals surface area (Å²) in [6.45, 7) is 6.69. The second kappa shape index (κ2) is 5.59. The number of aromatic nitrogens is 3. The van der Waals surface area contributed by atoms with E-state index in [0.29, 0.717) is 0 Å². The molecular formula is C13H18N4. The summed E-state index contributed by atoms with van der Waals surface area (Å²) in [7, 11) is 0. The number of hydrogen-bond acceptors (Lipinski definition) is 3. The Bertz CT molecular complexity index is 476. The van der Waals surface area contributed by atoms with Gasteiger partial charge in [0.05, 0.1) is 18.4 Å². The first-order valence-electron chi connectivity index (χ1n) is 5.93. The Morgan fingerprint density at radius 1 is 1.35 bits per heavy atom. The maximum absolute atomic E-state index is 4.12. The SMILES string of the molecule is CCNCc1cn(Cc2cccc(C)c2)nn1. The molecule has 0 unspecified atom stereocenters. The number of aryl methyl sites for hydroxylation is 1. The number of rotatable bonds is 5. The first-order valence-corrected chi connectivity index (χ1v) is 5.93. The van der Waals surface area contributed by atoms with Crippen molar-refractivity contribution >= 4 is 0 Å². The Kier molecular flexibility index (Phi) is 3.88. The van der Waals surface area contributed by atoms with Crippen molar-refractivity contribution in [2.45, 2.75) is 26.9 Å². The molecule has 0 amide bonds. The lowest BCUT2D eigenvalue weighted by Gasteiger charge is -2.01. The van der Waals surface area contributed by atoms with E-state index >= 15 is 0 Å². The standard InChI is InChI=1S/C13H18N4/c1-3-14-8-13-10-17(16-15-13)9-12-6-4-5-11(2)7-12/h4-7,10,14H,3,8-9H2,1-2H3. The molecule has 1 aromatic carbocycles.